The highest BCUT2D eigenvalue weighted by molar-refractivity contribution is 5.77. The molecular formula is C23H20F6N2O4. The highest BCUT2D eigenvalue weighted by Crippen LogP contribution is 2.59. The summed E-state index contributed by atoms with van der Waals surface area (Å²) in [6.07, 6.45) is -8.30. The molecule has 1 saturated heterocycles. The first-order valence-electron chi connectivity index (χ1n) is 10.4. The standard InChI is InChI=1S/C23H20F6N2O4/c1-11-19(13-5-4-12(8-18(13)33-3)34-23(27,28)29)20(35-21(11,2)22(24,25)26)16-9-17(32)14-10-30-7-6-15(14)31-16/h4-11,19-20H,1-3H3,(H,31,32)/t11-,19-,20-,21+/m0/s1. The highest BCUT2D eigenvalue weighted by Gasteiger charge is 2.65. The second kappa shape index (κ2) is 8.43. The van der Waals surface area contributed by atoms with Gasteiger partial charge >= 0.3 is 12.5 Å². The highest BCUT2D eigenvalue weighted by atomic mass is 19.4. The maximum Gasteiger partial charge on any atom is 0.573 e. The van der Waals surface area contributed by atoms with Crippen LogP contribution in [0.4, 0.5) is 26.3 Å². The number of alkyl halides is 6. The third-order valence-corrected chi connectivity index (χ3v) is 6.42. The summed E-state index contributed by atoms with van der Waals surface area (Å²) in [4.78, 5) is 19.5. The molecule has 0 bridgehead atoms. The van der Waals surface area contributed by atoms with Gasteiger partial charge < -0.3 is 19.2 Å². The maximum atomic E-state index is 14.2. The van der Waals surface area contributed by atoms with Crippen molar-refractivity contribution in [3.63, 3.8) is 0 Å². The van der Waals surface area contributed by atoms with Gasteiger partial charge in [-0.15, -0.1) is 13.2 Å². The molecule has 2 aromatic heterocycles. The number of fused-ring (bicyclic) bond motifs is 1. The Kier molecular flexibility index (Phi) is 5.98. The predicted octanol–water partition coefficient (Wildman–Crippen LogP) is 5.64. The molecule has 188 valence electrons. The van der Waals surface area contributed by atoms with Gasteiger partial charge in [0, 0.05) is 47.6 Å². The lowest BCUT2D eigenvalue weighted by atomic mass is 9.76. The number of hydrogen-bond donors (Lipinski definition) is 1. The minimum Gasteiger partial charge on any atom is -0.496 e. The van der Waals surface area contributed by atoms with E-state index in [9.17, 15) is 31.1 Å². The van der Waals surface area contributed by atoms with E-state index in [-0.39, 0.29) is 22.4 Å². The van der Waals surface area contributed by atoms with Crippen LogP contribution in [-0.2, 0) is 4.74 Å². The molecule has 35 heavy (non-hydrogen) atoms. The average Bonchev–Trinajstić information content (AvgIpc) is 3.04. The van der Waals surface area contributed by atoms with Crippen LogP contribution in [-0.4, -0.2) is 35.2 Å². The fraction of sp³-hybridized carbons (Fsp3) is 0.391. The van der Waals surface area contributed by atoms with Crippen LogP contribution < -0.4 is 14.9 Å². The van der Waals surface area contributed by atoms with Crippen molar-refractivity contribution in [2.24, 2.45) is 5.92 Å². The summed E-state index contributed by atoms with van der Waals surface area (Å²) in [6, 6.07) is 5.80. The van der Waals surface area contributed by atoms with Gasteiger partial charge in [-0.3, -0.25) is 9.78 Å². The molecular weight excluding hydrogens is 482 g/mol. The van der Waals surface area contributed by atoms with Gasteiger partial charge in [0.15, 0.2) is 11.0 Å². The lowest BCUT2D eigenvalue weighted by molar-refractivity contribution is -0.275. The molecule has 3 heterocycles. The van der Waals surface area contributed by atoms with Gasteiger partial charge in [0.2, 0.25) is 0 Å². The van der Waals surface area contributed by atoms with Gasteiger partial charge in [0.05, 0.1) is 18.0 Å². The number of aromatic amines is 1. The van der Waals surface area contributed by atoms with Gasteiger partial charge in [0.25, 0.3) is 0 Å². The lowest BCUT2D eigenvalue weighted by Gasteiger charge is -2.32. The summed E-state index contributed by atoms with van der Waals surface area (Å²) in [6.45, 7) is 2.24. The van der Waals surface area contributed by atoms with Crippen LogP contribution in [0.3, 0.4) is 0 Å². The third kappa shape index (κ3) is 4.42. The first-order valence-corrected chi connectivity index (χ1v) is 10.4. The number of benzene rings is 1. The second-order valence-electron chi connectivity index (χ2n) is 8.42. The van der Waals surface area contributed by atoms with Crippen LogP contribution in [0.5, 0.6) is 11.5 Å². The van der Waals surface area contributed by atoms with E-state index in [2.05, 4.69) is 14.7 Å². The first-order chi connectivity index (χ1) is 16.2. The molecule has 1 aromatic carbocycles. The number of nitrogens with zero attached hydrogens (tertiary/aromatic N) is 1. The summed E-state index contributed by atoms with van der Waals surface area (Å²) in [5.41, 5.74) is -2.50. The number of ether oxygens (including phenoxy) is 3. The Bertz CT molecular complexity index is 1310. The molecule has 1 N–H and O–H groups in total. The number of hydrogen-bond acceptors (Lipinski definition) is 5. The number of H-pyrrole nitrogens is 1. The zero-order valence-corrected chi connectivity index (χ0v) is 18.6. The maximum absolute atomic E-state index is 14.2. The summed E-state index contributed by atoms with van der Waals surface area (Å²) in [7, 11) is 1.18. The summed E-state index contributed by atoms with van der Waals surface area (Å²) in [5.74, 6) is -2.97. The number of nitrogens with one attached hydrogen (secondary N) is 1. The largest absolute Gasteiger partial charge is 0.573 e. The van der Waals surface area contributed by atoms with Gasteiger partial charge in [-0.05, 0) is 19.1 Å². The predicted molar refractivity (Wildman–Crippen MR) is 112 cm³/mol. The SMILES string of the molecule is COc1cc(OC(F)(F)F)ccc1[C@H]1[C@H](c2cc(=O)c3cnccc3[nH]2)O[C@@](C)(C(F)(F)F)[C@H]1C. The fourth-order valence-corrected chi connectivity index (χ4v) is 4.49. The average molecular weight is 502 g/mol. The van der Waals surface area contributed by atoms with E-state index in [0.717, 1.165) is 25.1 Å². The summed E-state index contributed by atoms with van der Waals surface area (Å²) in [5, 5.41) is 0.240. The minimum absolute atomic E-state index is 0.0798. The zero-order chi connectivity index (χ0) is 25.8. The second-order valence-corrected chi connectivity index (χ2v) is 8.42. The van der Waals surface area contributed by atoms with E-state index >= 15 is 0 Å². The van der Waals surface area contributed by atoms with Crippen LogP contribution in [0.15, 0.2) is 47.5 Å². The molecule has 1 aliphatic heterocycles. The van der Waals surface area contributed by atoms with Crippen molar-refractivity contribution in [2.45, 2.75) is 44.0 Å². The Morgan fingerprint density at radius 1 is 1.11 bits per heavy atom. The molecule has 1 fully saturated rings. The molecule has 3 aromatic rings. The van der Waals surface area contributed by atoms with Gasteiger partial charge in [0.1, 0.15) is 17.6 Å². The van der Waals surface area contributed by atoms with Crippen molar-refractivity contribution in [1.29, 1.82) is 0 Å². The van der Waals surface area contributed by atoms with E-state index < -0.39 is 47.3 Å². The molecule has 0 spiro atoms. The number of rotatable bonds is 4. The van der Waals surface area contributed by atoms with E-state index in [1.54, 1.807) is 0 Å². The Balaban J connectivity index is 1.88. The van der Waals surface area contributed by atoms with Crippen LogP contribution in [0.1, 0.15) is 37.1 Å². The van der Waals surface area contributed by atoms with Crippen molar-refractivity contribution >= 4 is 10.9 Å². The number of methoxy groups -OCH3 is 1. The fourth-order valence-electron chi connectivity index (χ4n) is 4.49. The van der Waals surface area contributed by atoms with E-state index in [0.29, 0.717) is 5.52 Å². The van der Waals surface area contributed by atoms with E-state index in [1.807, 2.05) is 0 Å². The van der Waals surface area contributed by atoms with Crippen molar-refractivity contribution < 1.29 is 40.6 Å². The van der Waals surface area contributed by atoms with Gasteiger partial charge in [-0.2, -0.15) is 13.2 Å². The molecule has 0 amide bonds. The molecule has 0 saturated carbocycles. The topological polar surface area (TPSA) is 73.4 Å². The van der Waals surface area contributed by atoms with Crippen LogP contribution in [0.2, 0.25) is 0 Å². The number of pyridine rings is 2. The molecule has 4 rings (SSSR count). The quantitative estimate of drug-likeness (QED) is 0.468. The lowest BCUT2D eigenvalue weighted by Crippen LogP contribution is -2.46. The molecule has 12 heteroatoms. The van der Waals surface area contributed by atoms with E-state index in [4.69, 9.17) is 9.47 Å². The van der Waals surface area contributed by atoms with Gasteiger partial charge in [-0.25, -0.2) is 0 Å². The number of aromatic nitrogens is 2. The summed E-state index contributed by atoms with van der Waals surface area (Å²) < 4.78 is 95.3. The van der Waals surface area contributed by atoms with Crippen LogP contribution in [0.25, 0.3) is 10.9 Å². The van der Waals surface area contributed by atoms with Crippen LogP contribution >= 0.6 is 0 Å². The monoisotopic (exact) mass is 502 g/mol. The Labute approximate surface area is 194 Å². The van der Waals surface area contributed by atoms with Gasteiger partial charge in [-0.1, -0.05) is 13.0 Å². The van der Waals surface area contributed by atoms with Crippen molar-refractivity contribution in [3.05, 3.63) is 64.2 Å². The smallest absolute Gasteiger partial charge is 0.496 e. The molecule has 4 atom stereocenters. The molecule has 6 nitrogen and oxygen atoms in total. The third-order valence-electron chi connectivity index (χ3n) is 6.42. The van der Waals surface area contributed by atoms with Crippen molar-refractivity contribution in [3.8, 4) is 11.5 Å². The zero-order valence-electron chi connectivity index (χ0n) is 18.6. The van der Waals surface area contributed by atoms with Crippen molar-refractivity contribution in [2.75, 3.05) is 7.11 Å². The minimum atomic E-state index is -4.97. The summed E-state index contributed by atoms with van der Waals surface area (Å²) >= 11 is 0. The number of halogens is 6. The Morgan fingerprint density at radius 2 is 1.83 bits per heavy atom. The molecule has 0 radical (unpaired) electrons. The van der Waals surface area contributed by atoms with Crippen LogP contribution in [0, 0.1) is 5.92 Å². The van der Waals surface area contributed by atoms with Crippen molar-refractivity contribution in [1.82, 2.24) is 9.97 Å². The molecule has 1 aliphatic rings. The molecule has 0 unspecified atom stereocenters. The molecule has 0 aliphatic carbocycles. The Morgan fingerprint density at radius 3 is 2.46 bits per heavy atom. The first kappa shape index (κ1) is 24.8. The Hall–Kier alpha value is -3.28. The van der Waals surface area contributed by atoms with E-state index in [1.165, 1.54) is 38.6 Å². The normalized spacial score (nSPS) is 25.1.